The third-order valence-corrected chi connectivity index (χ3v) is 13.2. The smallest absolute Gasteiger partial charge is 0.446 e. The van der Waals surface area contributed by atoms with Crippen LogP contribution in [0, 0.1) is 0 Å². The van der Waals surface area contributed by atoms with Crippen LogP contribution in [0.15, 0.2) is 85.1 Å². The van der Waals surface area contributed by atoms with E-state index in [4.69, 9.17) is 16.0 Å². The van der Waals surface area contributed by atoms with Crippen molar-refractivity contribution in [3.05, 3.63) is 102 Å². The minimum Gasteiger partial charge on any atom is -0.481 e. The number of para-hydroxylation sites is 1. The maximum Gasteiger partial charge on any atom is 0.446 e. The zero-order valence-corrected chi connectivity index (χ0v) is 44.7. The van der Waals surface area contributed by atoms with Gasteiger partial charge in [-0.1, -0.05) is 60.7 Å². The van der Waals surface area contributed by atoms with Crippen LogP contribution in [0.2, 0.25) is 0 Å². The Morgan fingerprint density at radius 3 is 1.65 bits per heavy atom. The maximum atomic E-state index is 14.3. The Morgan fingerprint density at radius 2 is 1.08 bits per heavy atom. The highest BCUT2D eigenvalue weighted by Gasteiger charge is 2.34. The van der Waals surface area contributed by atoms with Crippen LogP contribution >= 0.6 is 23.5 Å². The van der Waals surface area contributed by atoms with Gasteiger partial charge in [0.15, 0.2) is 0 Å². The first-order chi connectivity index (χ1) is 37.0. The molecular formula is C49H62N10O16S3. The van der Waals surface area contributed by atoms with Crippen LogP contribution in [-0.2, 0) is 77.6 Å². The van der Waals surface area contributed by atoms with Crippen LogP contribution in [-0.4, -0.2) is 160 Å². The molecule has 1 heterocycles. The zero-order chi connectivity index (χ0) is 57.5. The number of thioether (sulfide) groups is 2. The number of carbonyl (C=O) groups excluding carboxylic acids is 8. The van der Waals surface area contributed by atoms with E-state index in [1.165, 1.54) is 35.7 Å². The summed E-state index contributed by atoms with van der Waals surface area (Å²) in [4.78, 5) is 135. The summed E-state index contributed by atoms with van der Waals surface area (Å²) in [6, 6.07) is 10.2. The molecule has 1 unspecified atom stereocenters. The maximum absolute atomic E-state index is 14.3. The fourth-order valence-electron chi connectivity index (χ4n) is 7.63. The van der Waals surface area contributed by atoms with E-state index < -0.39 is 131 Å². The summed E-state index contributed by atoms with van der Waals surface area (Å²) in [5, 5.41) is 37.0. The Kier molecular flexibility index (Phi) is 24.9. The molecular weight excluding hydrogens is 1080 g/mol. The number of carboxylic acids is 2. The fraction of sp³-hybridized carbons (Fsp3) is 0.388. The van der Waals surface area contributed by atoms with Gasteiger partial charge in [0.1, 0.15) is 42.0 Å². The number of primary amides is 1. The first-order valence-corrected chi connectivity index (χ1v) is 28.0. The number of nitrogens with one attached hydrogen (secondary N) is 8. The molecule has 78 heavy (non-hydrogen) atoms. The first kappa shape index (κ1) is 62.8. The number of carbonyl (C=O) groups is 10. The van der Waals surface area contributed by atoms with Crippen molar-refractivity contribution >= 4 is 104 Å². The number of aliphatic carboxylic acids is 2. The second kappa shape index (κ2) is 30.9. The van der Waals surface area contributed by atoms with E-state index in [0.717, 1.165) is 12.1 Å². The summed E-state index contributed by atoms with van der Waals surface area (Å²) >= 11 is 2.61. The zero-order valence-electron chi connectivity index (χ0n) is 42.2. The van der Waals surface area contributed by atoms with Crippen molar-refractivity contribution < 1.29 is 75.3 Å². The second-order valence-electron chi connectivity index (χ2n) is 17.5. The molecule has 1 aromatic heterocycles. The number of hydrogen-bond donors (Lipinski definition) is 13. The van der Waals surface area contributed by atoms with Crippen molar-refractivity contribution in [2.75, 3.05) is 30.6 Å². The highest BCUT2D eigenvalue weighted by Crippen LogP contribution is 2.20. The number of rotatable bonds is 33. The van der Waals surface area contributed by atoms with Gasteiger partial charge in [0.25, 0.3) is 0 Å². The van der Waals surface area contributed by atoms with Crippen molar-refractivity contribution in [3.8, 4) is 5.75 Å². The highest BCUT2D eigenvalue weighted by molar-refractivity contribution is 7.98. The van der Waals surface area contributed by atoms with Gasteiger partial charge in [0.05, 0.1) is 25.4 Å². The first-order valence-electron chi connectivity index (χ1n) is 23.9. The molecule has 4 aromatic rings. The van der Waals surface area contributed by atoms with Gasteiger partial charge in [0, 0.05) is 36.4 Å². The minimum absolute atomic E-state index is 0.0132. The lowest BCUT2D eigenvalue weighted by molar-refractivity contribution is -0.141. The van der Waals surface area contributed by atoms with Gasteiger partial charge in [-0.25, -0.2) is 0 Å². The summed E-state index contributed by atoms with van der Waals surface area (Å²) in [7, 11) is -4.87. The number of fused-ring (bicyclic) bond motifs is 1. The Balaban J connectivity index is 1.54. The molecule has 3 aromatic carbocycles. The normalized spacial score (nSPS) is 13.9. The minimum atomic E-state index is -4.87. The lowest BCUT2D eigenvalue weighted by Crippen LogP contribution is -2.59. The van der Waals surface area contributed by atoms with Gasteiger partial charge in [-0.05, 0) is 71.7 Å². The van der Waals surface area contributed by atoms with Crippen LogP contribution in [0.3, 0.4) is 0 Å². The van der Waals surface area contributed by atoms with Crippen LogP contribution in [0.4, 0.5) is 0 Å². The van der Waals surface area contributed by atoms with E-state index in [-0.39, 0.29) is 43.6 Å². The molecule has 7 atom stereocenters. The number of H-pyrrole nitrogens is 1. The van der Waals surface area contributed by atoms with Crippen molar-refractivity contribution in [2.45, 2.75) is 87.2 Å². The lowest BCUT2D eigenvalue weighted by atomic mass is 10.0. The molecule has 0 aliphatic rings. The molecule has 26 nitrogen and oxygen atoms in total. The number of carboxylic acid groups (broad SMARTS) is 2. The van der Waals surface area contributed by atoms with Crippen molar-refractivity contribution in [3.63, 3.8) is 0 Å². The van der Waals surface area contributed by atoms with E-state index in [2.05, 4.69) is 46.4 Å². The number of benzene rings is 3. The molecule has 29 heteroatoms. The Morgan fingerprint density at radius 1 is 0.590 bits per heavy atom. The van der Waals surface area contributed by atoms with E-state index >= 15 is 0 Å². The SMILES string of the molecule is CSCCC(NC(=O)[C@H](Cc1c[nH]c2ccccc12)NC(=O)CNC(=O)[C@H](CCSC)NC(=O)[C@H](Cc1ccc(OS(=O)(=O)O)cc1)NC(=O)[C@@H](N)CC(=O)O)C(=O)N[C@@H](CC(=O)O)C(=O)N[C@@H](Cc1ccccc1)C(N)=O. The molecule has 0 fully saturated rings. The van der Waals surface area contributed by atoms with Crippen LogP contribution in [0.1, 0.15) is 42.4 Å². The predicted octanol–water partition coefficient (Wildman–Crippen LogP) is -1.33. The number of amides is 8. The number of aromatic nitrogens is 1. The molecule has 0 bridgehead atoms. The van der Waals surface area contributed by atoms with Gasteiger partial charge in [-0.15, -0.1) is 0 Å². The van der Waals surface area contributed by atoms with Crippen LogP contribution < -0.4 is 52.9 Å². The van der Waals surface area contributed by atoms with Crippen molar-refractivity contribution in [2.24, 2.45) is 11.5 Å². The molecule has 8 amide bonds. The van der Waals surface area contributed by atoms with Gasteiger partial charge in [0.2, 0.25) is 47.3 Å². The van der Waals surface area contributed by atoms with Crippen LogP contribution in [0.5, 0.6) is 5.75 Å². The number of aromatic amines is 1. The van der Waals surface area contributed by atoms with E-state index in [1.54, 1.807) is 73.3 Å². The van der Waals surface area contributed by atoms with E-state index in [0.29, 0.717) is 33.3 Å². The lowest BCUT2D eigenvalue weighted by Gasteiger charge is -2.26. The highest BCUT2D eigenvalue weighted by atomic mass is 32.3. The summed E-state index contributed by atoms with van der Waals surface area (Å²) in [5.74, 6) is -10.2. The third-order valence-electron chi connectivity index (χ3n) is 11.5. The summed E-state index contributed by atoms with van der Waals surface area (Å²) < 4.78 is 35.8. The number of nitrogens with two attached hydrogens (primary N) is 2. The largest absolute Gasteiger partial charge is 0.481 e. The quantitative estimate of drug-likeness (QED) is 0.0246. The Hall–Kier alpha value is -7.73. The summed E-state index contributed by atoms with van der Waals surface area (Å²) in [6.45, 7) is -0.761. The predicted molar refractivity (Wildman–Crippen MR) is 287 cm³/mol. The van der Waals surface area contributed by atoms with Gasteiger partial charge >= 0.3 is 22.3 Å². The van der Waals surface area contributed by atoms with E-state index in [9.17, 15) is 66.6 Å². The van der Waals surface area contributed by atoms with Crippen LogP contribution in [0.25, 0.3) is 10.9 Å². The Bertz CT molecular complexity index is 2880. The van der Waals surface area contributed by atoms with Crippen molar-refractivity contribution in [1.82, 2.24) is 42.2 Å². The van der Waals surface area contributed by atoms with Gasteiger partial charge in [-0.3, -0.25) is 52.5 Å². The molecule has 4 rings (SSSR count). The van der Waals surface area contributed by atoms with E-state index in [1.807, 2.05) is 0 Å². The average Bonchev–Trinajstić information content (AvgIpc) is 3.81. The topological polar surface area (TPSA) is 427 Å². The molecule has 422 valence electrons. The summed E-state index contributed by atoms with van der Waals surface area (Å²) in [5.41, 5.74) is 13.5. The summed E-state index contributed by atoms with van der Waals surface area (Å²) in [6.07, 6.45) is 2.78. The van der Waals surface area contributed by atoms with Gasteiger partial charge in [-0.2, -0.15) is 31.9 Å². The molecule has 0 saturated carbocycles. The second-order valence-corrected chi connectivity index (χ2v) is 20.5. The molecule has 15 N–H and O–H groups in total. The standard InChI is InChI=1S/C49H62N10O16S3/c1-76-18-16-34(55-47(69)37(58-44(66)32(50)23-41(61)62)21-28-12-14-30(15-13-28)75-78(72,73)74)45(67)53-26-40(60)54-38(22-29-25-52-33-11-7-6-10-31(29)33)48(70)56-35(17-19-77-2)46(68)59-39(24-42(63)64)49(71)57-36(43(51)65)20-27-8-4-3-5-9-27/h3-15,25,32,34-39,52H,16-24,26,50H2,1-2H3,(H2,51,65)(H,53,67)(H,54,60)(H,55,69)(H,56,70)(H,57,71)(H,58,66)(H,59,68)(H,61,62)(H,63,64)(H,72,73,74)/t32-,34-,35?,36-,37-,38-,39-/m0/s1. The molecule has 0 aliphatic carbocycles. The van der Waals surface area contributed by atoms with Crippen molar-refractivity contribution in [1.29, 1.82) is 0 Å². The average molecular weight is 1140 g/mol. The molecule has 0 radical (unpaired) electrons. The monoisotopic (exact) mass is 1140 g/mol. The fourth-order valence-corrected chi connectivity index (χ4v) is 8.92. The molecule has 0 saturated heterocycles. The van der Waals surface area contributed by atoms with Gasteiger partial charge < -0.3 is 68.1 Å². The molecule has 0 aliphatic heterocycles. The molecule has 0 spiro atoms. The third kappa shape index (κ3) is 21.4. The Labute approximate surface area is 456 Å². The number of hydrogen-bond acceptors (Lipinski definition) is 16.